The molecule has 0 aliphatic carbocycles. The second-order valence-electron chi connectivity index (χ2n) is 7.73. The lowest BCUT2D eigenvalue weighted by molar-refractivity contribution is 0.0817. The average Bonchev–Trinajstić information content (AvgIpc) is 2.79. The molecule has 1 aromatic heterocycles. The molecule has 1 heterocycles. The van der Waals surface area contributed by atoms with Crippen LogP contribution in [-0.4, -0.2) is 22.3 Å². The first kappa shape index (κ1) is 19.7. The van der Waals surface area contributed by atoms with Gasteiger partial charge in [0.25, 0.3) is 5.91 Å². The molecule has 0 saturated heterocycles. The lowest BCUT2D eigenvalue weighted by Gasteiger charge is -2.20. The summed E-state index contributed by atoms with van der Waals surface area (Å²) in [5.41, 5.74) is 4.19. The molecule has 0 aliphatic heterocycles. The molecule has 0 amide bonds. The van der Waals surface area contributed by atoms with Gasteiger partial charge < -0.3 is 4.74 Å². The molecule has 0 N–H and O–H groups in total. The van der Waals surface area contributed by atoms with Crippen molar-refractivity contribution in [3.63, 3.8) is 0 Å². The van der Waals surface area contributed by atoms with Crippen molar-refractivity contribution in [1.29, 1.82) is 0 Å². The van der Waals surface area contributed by atoms with Gasteiger partial charge in [0.2, 0.25) is 0 Å². The van der Waals surface area contributed by atoms with Crippen LogP contribution in [0.15, 0.2) is 22.7 Å². The van der Waals surface area contributed by atoms with E-state index in [0.29, 0.717) is 11.7 Å². The smallest absolute Gasteiger partial charge is 0.284 e. The van der Waals surface area contributed by atoms with E-state index in [9.17, 15) is 4.79 Å². The third kappa shape index (κ3) is 4.32. The van der Waals surface area contributed by atoms with Gasteiger partial charge in [0.15, 0.2) is 6.61 Å². The molecular weight excluding hydrogens is 380 g/mol. The Labute approximate surface area is 158 Å². The van der Waals surface area contributed by atoms with Crippen molar-refractivity contribution in [2.24, 2.45) is 0 Å². The van der Waals surface area contributed by atoms with E-state index in [4.69, 9.17) is 4.74 Å². The zero-order valence-electron chi connectivity index (χ0n) is 16.1. The Balaban J connectivity index is 2.15. The minimum atomic E-state index is -0.167. The summed E-state index contributed by atoms with van der Waals surface area (Å²) in [5, 5.41) is 4.39. The molecule has 2 rings (SSSR count). The lowest BCUT2D eigenvalue weighted by atomic mass is 9.87. The Hall–Kier alpha value is -1.62. The number of rotatable bonds is 4. The molecule has 1 aromatic carbocycles. The fraction of sp³-hybridized carbons (Fsp3) is 0.500. The fourth-order valence-electron chi connectivity index (χ4n) is 3.02. The first-order valence-electron chi connectivity index (χ1n) is 8.54. The first-order chi connectivity index (χ1) is 11.5. The summed E-state index contributed by atoms with van der Waals surface area (Å²) in [6.45, 7) is 14.5. The molecule has 0 spiro atoms. The predicted octanol–water partition coefficient (Wildman–Crippen LogP) is 5.40. The minimum absolute atomic E-state index is 0.0487. The van der Waals surface area contributed by atoms with Gasteiger partial charge in [-0.25, -0.2) is 4.68 Å². The summed E-state index contributed by atoms with van der Waals surface area (Å²) in [4.78, 5) is 12.5. The van der Waals surface area contributed by atoms with Gasteiger partial charge in [-0.3, -0.25) is 4.79 Å². The number of ether oxygens (including phenoxy) is 1. The van der Waals surface area contributed by atoms with Crippen molar-refractivity contribution in [2.45, 2.75) is 59.8 Å². The highest BCUT2D eigenvalue weighted by molar-refractivity contribution is 9.10. The second-order valence-corrected chi connectivity index (χ2v) is 8.58. The Morgan fingerprint density at radius 3 is 2.40 bits per heavy atom. The summed E-state index contributed by atoms with van der Waals surface area (Å²) in [5.74, 6) is 0.827. The molecule has 4 nitrogen and oxygen atoms in total. The highest BCUT2D eigenvalue weighted by Crippen LogP contribution is 2.31. The van der Waals surface area contributed by atoms with E-state index in [2.05, 4.69) is 55.6 Å². The number of benzene rings is 1. The summed E-state index contributed by atoms with van der Waals surface area (Å²) >= 11 is 3.54. The summed E-state index contributed by atoms with van der Waals surface area (Å²) in [7, 11) is 0. The Morgan fingerprint density at radius 1 is 1.28 bits per heavy atom. The molecule has 0 radical (unpaired) electrons. The van der Waals surface area contributed by atoms with Crippen LogP contribution < -0.4 is 4.74 Å². The largest absolute Gasteiger partial charge is 0.483 e. The van der Waals surface area contributed by atoms with E-state index < -0.39 is 0 Å². The number of nitrogens with zero attached hydrogens (tertiary/aromatic N) is 2. The highest BCUT2D eigenvalue weighted by atomic mass is 79.9. The van der Waals surface area contributed by atoms with E-state index >= 15 is 0 Å². The van der Waals surface area contributed by atoms with Gasteiger partial charge in [-0.15, -0.1) is 0 Å². The van der Waals surface area contributed by atoms with Crippen LogP contribution in [0.2, 0.25) is 0 Å². The van der Waals surface area contributed by atoms with E-state index in [1.807, 2.05) is 32.0 Å². The molecule has 136 valence electrons. The number of halogens is 1. The van der Waals surface area contributed by atoms with Crippen LogP contribution in [0.4, 0.5) is 0 Å². The third-order valence-electron chi connectivity index (χ3n) is 4.31. The Morgan fingerprint density at radius 2 is 1.92 bits per heavy atom. The summed E-state index contributed by atoms with van der Waals surface area (Å²) in [6, 6.07) is 5.98. The molecule has 0 unspecified atom stereocenters. The Kier molecular flexibility index (Phi) is 5.77. The zero-order valence-corrected chi connectivity index (χ0v) is 17.7. The van der Waals surface area contributed by atoms with Crippen LogP contribution >= 0.6 is 15.9 Å². The fourth-order valence-corrected chi connectivity index (χ4v) is 3.51. The van der Waals surface area contributed by atoms with Gasteiger partial charge >= 0.3 is 0 Å². The number of carbonyl (C=O) groups is 1. The van der Waals surface area contributed by atoms with Crippen LogP contribution in [0.3, 0.4) is 0 Å². The third-order valence-corrected chi connectivity index (χ3v) is 4.93. The van der Waals surface area contributed by atoms with Crippen molar-refractivity contribution in [2.75, 3.05) is 6.61 Å². The maximum Gasteiger partial charge on any atom is 0.284 e. The number of carbonyl (C=O) groups excluding carboxylic acids is 1. The van der Waals surface area contributed by atoms with E-state index in [-0.39, 0.29) is 17.9 Å². The van der Waals surface area contributed by atoms with Gasteiger partial charge in [-0.2, -0.15) is 5.10 Å². The van der Waals surface area contributed by atoms with Crippen molar-refractivity contribution in [3.05, 3.63) is 45.2 Å². The molecule has 0 saturated carbocycles. The molecule has 0 atom stereocenters. The quantitative estimate of drug-likeness (QED) is 0.682. The number of hydrogen-bond donors (Lipinski definition) is 0. The summed E-state index contributed by atoms with van der Waals surface area (Å²) < 4.78 is 8.04. The normalized spacial score (nSPS) is 11.9. The SMILES string of the molecule is Cc1nn(C(=O)COc2ccc(C(C)(C)C)cc2Br)c(C)c1C(C)C. The molecule has 25 heavy (non-hydrogen) atoms. The topological polar surface area (TPSA) is 44.1 Å². The number of aryl methyl sites for hydroxylation is 1. The van der Waals surface area contributed by atoms with Crippen molar-refractivity contribution < 1.29 is 9.53 Å². The van der Waals surface area contributed by atoms with Crippen molar-refractivity contribution in [3.8, 4) is 5.75 Å². The molecular formula is C20H27BrN2O2. The van der Waals surface area contributed by atoms with Gasteiger partial charge in [0.05, 0.1) is 10.2 Å². The monoisotopic (exact) mass is 406 g/mol. The van der Waals surface area contributed by atoms with E-state index in [1.165, 1.54) is 10.2 Å². The van der Waals surface area contributed by atoms with Gasteiger partial charge in [-0.05, 0) is 64.4 Å². The standard InChI is InChI=1S/C20H27BrN2O2/c1-12(2)19-13(3)22-23(14(19)4)18(24)11-25-17-9-8-15(10-16(17)21)20(5,6)7/h8-10,12H,11H2,1-7H3. The van der Waals surface area contributed by atoms with Crippen LogP contribution in [0.5, 0.6) is 5.75 Å². The predicted molar refractivity (Wildman–Crippen MR) is 105 cm³/mol. The van der Waals surface area contributed by atoms with Crippen molar-refractivity contribution >= 4 is 21.8 Å². The minimum Gasteiger partial charge on any atom is -0.483 e. The zero-order chi connectivity index (χ0) is 18.9. The van der Waals surface area contributed by atoms with Crippen LogP contribution in [-0.2, 0) is 5.41 Å². The van der Waals surface area contributed by atoms with Gasteiger partial charge in [-0.1, -0.05) is 40.7 Å². The maximum atomic E-state index is 12.5. The number of hydrogen-bond acceptors (Lipinski definition) is 3. The number of aromatic nitrogens is 2. The molecule has 0 fully saturated rings. The molecule has 2 aromatic rings. The Bertz CT molecular complexity index is 786. The van der Waals surface area contributed by atoms with Crippen LogP contribution in [0.1, 0.15) is 67.8 Å². The average molecular weight is 407 g/mol. The van der Waals surface area contributed by atoms with Crippen molar-refractivity contribution in [1.82, 2.24) is 9.78 Å². The van der Waals surface area contributed by atoms with E-state index in [0.717, 1.165) is 21.4 Å². The van der Waals surface area contributed by atoms with Gasteiger partial charge in [0, 0.05) is 5.69 Å². The molecule has 0 aliphatic rings. The molecule has 5 heteroatoms. The lowest BCUT2D eigenvalue weighted by Crippen LogP contribution is -2.22. The summed E-state index contributed by atoms with van der Waals surface area (Å²) in [6.07, 6.45) is 0. The molecule has 0 bridgehead atoms. The highest BCUT2D eigenvalue weighted by Gasteiger charge is 2.20. The maximum absolute atomic E-state index is 12.5. The second kappa shape index (κ2) is 7.32. The van der Waals surface area contributed by atoms with E-state index in [1.54, 1.807) is 0 Å². The van der Waals surface area contributed by atoms with Crippen LogP contribution in [0.25, 0.3) is 0 Å². The van der Waals surface area contributed by atoms with Crippen LogP contribution in [0, 0.1) is 13.8 Å². The first-order valence-corrected chi connectivity index (χ1v) is 9.33. The van der Waals surface area contributed by atoms with Gasteiger partial charge in [0.1, 0.15) is 5.75 Å².